The Morgan fingerprint density at radius 2 is 0.518 bits per heavy atom. The standard InChI is InChI=1S/C48H64O4Si4/c1-9-41-21-29-45(30-22-41)17-13-37-53(5)49-54(6,38-14-18-46-31-23-42(10-2)24-32-46)51-56(8,40-16-20-48-35-27-44(12-4)28-36-48)52-55(7,50-53)39-15-19-47-33-25-43(11-3)26-34-47/h9-12,21-36H,1-4,13-20,37-40H2,5-8H3. The number of aryl methyl sites for hydroxylation is 4. The number of rotatable bonds is 20. The Labute approximate surface area is 343 Å². The van der Waals surface area contributed by atoms with E-state index in [0.29, 0.717) is 0 Å². The zero-order valence-corrected chi connectivity index (χ0v) is 38.5. The quantitative estimate of drug-likeness (QED) is 0.0833. The summed E-state index contributed by atoms with van der Waals surface area (Å²) < 4.78 is 30.3. The summed E-state index contributed by atoms with van der Waals surface area (Å²) in [5.74, 6) is 0. The Balaban J connectivity index is 1.39. The minimum absolute atomic E-state index is 0.902. The predicted molar refractivity (Wildman–Crippen MR) is 249 cm³/mol. The van der Waals surface area contributed by atoms with Gasteiger partial charge in [-0.15, -0.1) is 0 Å². The Morgan fingerprint density at radius 1 is 0.339 bits per heavy atom. The maximum absolute atomic E-state index is 7.56. The Morgan fingerprint density at radius 3 is 0.679 bits per heavy atom. The molecule has 0 saturated carbocycles. The fraction of sp³-hybridized carbons (Fsp3) is 0.333. The van der Waals surface area contributed by atoms with E-state index in [1.165, 1.54) is 22.3 Å². The summed E-state index contributed by atoms with van der Waals surface area (Å²) in [6.07, 6.45) is 15.5. The molecule has 5 rings (SSSR count). The summed E-state index contributed by atoms with van der Waals surface area (Å²) in [6.45, 7) is 24.9. The molecule has 4 aromatic carbocycles. The number of benzene rings is 4. The molecule has 4 aromatic rings. The topological polar surface area (TPSA) is 36.9 Å². The lowest BCUT2D eigenvalue weighted by Crippen LogP contribution is -2.67. The summed E-state index contributed by atoms with van der Waals surface area (Å²) in [5, 5.41) is 0. The van der Waals surface area contributed by atoms with Gasteiger partial charge in [-0.2, -0.15) is 0 Å². The van der Waals surface area contributed by atoms with Crippen LogP contribution in [-0.2, 0) is 42.1 Å². The highest BCUT2D eigenvalue weighted by atomic mass is 28.5. The lowest BCUT2D eigenvalue weighted by atomic mass is 10.1. The molecule has 0 aromatic heterocycles. The summed E-state index contributed by atoms with van der Waals surface area (Å²) in [4.78, 5) is 0. The van der Waals surface area contributed by atoms with E-state index in [1.807, 2.05) is 24.3 Å². The normalized spacial score (nSPS) is 23.8. The van der Waals surface area contributed by atoms with E-state index < -0.39 is 34.2 Å². The summed E-state index contributed by atoms with van der Waals surface area (Å²) in [7, 11) is -11.0. The summed E-state index contributed by atoms with van der Waals surface area (Å²) >= 11 is 0. The monoisotopic (exact) mass is 816 g/mol. The molecule has 56 heavy (non-hydrogen) atoms. The molecule has 1 saturated heterocycles. The van der Waals surface area contributed by atoms with Gasteiger partial charge in [0, 0.05) is 0 Å². The van der Waals surface area contributed by atoms with E-state index in [9.17, 15) is 0 Å². The molecule has 0 N–H and O–H groups in total. The molecule has 0 spiro atoms. The van der Waals surface area contributed by atoms with Gasteiger partial charge in [-0.25, -0.2) is 0 Å². The fourth-order valence-electron chi connectivity index (χ4n) is 8.05. The summed E-state index contributed by atoms with van der Waals surface area (Å²) in [6, 6.07) is 38.6. The first-order valence-corrected chi connectivity index (χ1v) is 30.6. The van der Waals surface area contributed by atoms with Gasteiger partial charge >= 0.3 is 34.2 Å². The molecule has 1 aliphatic rings. The van der Waals surface area contributed by atoms with E-state index in [-0.39, 0.29) is 0 Å². The lowest BCUT2D eigenvalue weighted by Gasteiger charge is -2.50. The van der Waals surface area contributed by atoms with Gasteiger partial charge in [0.25, 0.3) is 0 Å². The molecular formula is C48H64O4Si4. The zero-order valence-electron chi connectivity index (χ0n) is 34.5. The van der Waals surface area contributed by atoms with E-state index in [1.54, 1.807) is 0 Å². The first-order valence-electron chi connectivity index (χ1n) is 20.5. The van der Waals surface area contributed by atoms with Crippen molar-refractivity contribution in [3.05, 3.63) is 168 Å². The van der Waals surface area contributed by atoms with Crippen LogP contribution in [0, 0.1) is 0 Å². The van der Waals surface area contributed by atoms with E-state index in [2.05, 4.69) is 150 Å². The van der Waals surface area contributed by atoms with Crippen molar-refractivity contribution in [2.24, 2.45) is 0 Å². The molecule has 1 aliphatic heterocycles. The maximum Gasteiger partial charge on any atom is 0.317 e. The molecule has 0 radical (unpaired) electrons. The van der Waals surface area contributed by atoms with Gasteiger partial charge in [0.05, 0.1) is 0 Å². The SMILES string of the molecule is C=Cc1ccc(CCC[Si]2(C)O[Si](C)(CCCc3ccc(C=C)cc3)O[Si](C)(CCCc3ccc(C=C)cc3)O[Si](C)(CCCc3ccc(C=C)cc3)O2)cc1. The third kappa shape index (κ3) is 13.3. The molecule has 4 nitrogen and oxygen atoms in total. The van der Waals surface area contributed by atoms with Gasteiger partial charge in [-0.05, 0) is 146 Å². The Bertz CT molecular complexity index is 1580. The van der Waals surface area contributed by atoms with Crippen molar-refractivity contribution in [3.8, 4) is 0 Å². The molecule has 0 atom stereocenters. The van der Waals surface area contributed by atoms with Crippen molar-refractivity contribution in [2.75, 3.05) is 0 Å². The van der Waals surface area contributed by atoms with Crippen molar-refractivity contribution < 1.29 is 16.5 Å². The van der Waals surface area contributed by atoms with Crippen LogP contribution in [0.4, 0.5) is 0 Å². The van der Waals surface area contributed by atoms with Crippen LogP contribution >= 0.6 is 0 Å². The molecule has 0 amide bonds. The van der Waals surface area contributed by atoms with Crippen LogP contribution in [0.1, 0.15) is 70.2 Å². The van der Waals surface area contributed by atoms with Crippen LogP contribution in [-0.4, -0.2) is 34.2 Å². The first-order chi connectivity index (χ1) is 26.9. The van der Waals surface area contributed by atoms with Crippen molar-refractivity contribution in [3.63, 3.8) is 0 Å². The molecule has 0 unspecified atom stereocenters. The summed E-state index contributed by atoms with van der Waals surface area (Å²) in [5.41, 5.74) is 9.89. The van der Waals surface area contributed by atoms with E-state index >= 15 is 0 Å². The van der Waals surface area contributed by atoms with Crippen LogP contribution in [0.25, 0.3) is 24.3 Å². The zero-order chi connectivity index (χ0) is 40.1. The largest absolute Gasteiger partial charge is 0.416 e. The van der Waals surface area contributed by atoms with Gasteiger partial charge in [-0.3, -0.25) is 0 Å². The third-order valence-electron chi connectivity index (χ3n) is 11.0. The van der Waals surface area contributed by atoms with Crippen LogP contribution in [0.2, 0.25) is 50.4 Å². The first kappa shape index (κ1) is 43.7. The van der Waals surface area contributed by atoms with Crippen LogP contribution < -0.4 is 0 Å². The average Bonchev–Trinajstić information content (AvgIpc) is 3.18. The molecule has 0 aliphatic carbocycles. The smallest absolute Gasteiger partial charge is 0.317 e. The van der Waals surface area contributed by atoms with Crippen LogP contribution in [0.15, 0.2) is 123 Å². The fourth-order valence-corrected chi connectivity index (χ4v) is 31.4. The molecule has 1 fully saturated rings. The molecule has 8 heteroatoms. The predicted octanol–water partition coefficient (Wildman–Crippen LogP) is 13.5. The average molecular weight is 817 g/mol. The highest BCUT2D eigenvalue weighted by molar-refractivity contribution is 6.93. The van der Waals surface area contributed by atoms with Crippen molar-refractivity contribution in [2.45, 2.75) is 102 Å². The highest BCUT2D eigenvalue weighted by Crippen LogP contribution is 2.39. The minimum Gasteiger partial charge on any atom is -0.416 e. The van der Waals surface area contributed by atoms with E-state index in [0.717, 1.165) is 97.8 Å². The van der Waals surface area contributed by atoms with Crippen molar-refractivity contribution in [1.82, 2.24) is 0 Å². The molecule has 0 bridgehead atoms. The van der Waals surface area contributed by atoms with Crippen LogP contribution in [0.5, 0.6) is 0 Å². The number of hydrogen-bond acceptors (Lipinski definition) is 4. The van der Waals surface area contributed by atoms with Crippen molar-refractivity contribution >= 4 is 58.5 Å². The Kier molecular flexibility index (Phi) is 15.8. The third-order valence-corrected chi connectivity index (χ3v) is 29.8. The van der Waals surface area contributed by atoms with Gasteiger partial charge in [0.1, 0.15) is 0 Å². The van der Waals surface area contributed by atoms with Gasteiger partial charge < -0.3 is 16.5 Å². The minimum atomic E-state index is -2.75. The second-order valence-electron chi connectivity index (χ2n) is 16.1. The van der Waals surface area contributed by atoms with Gasteiger partial charge in [0.15, 0.2) is 0 Å². The highest BCUT2D eigenvalue weighted by Gasteiger charge is 2.56. The Hall–Kier alpha value is -3.45. The second kappa shape index (κ2) is 20.3. The van der Waals surface area contributed by atoms with Crippen LogP contribution in [0.3, 0.4) is 0 Å². The maximum atomic E-state index is 7.56. The molecular weight excluding hydrogens is 753 g/mol. The molecule has 1 heterocycles. The number of hydrogen-bond donors (Lipinski definition) is 0. The van der Waals surface area contributed by atoms with Gasteiger partial charge in [0.2, 0.25) is 0 Å². The second-order valence-corrected chi connectivity index (χ2v) is 30.5. The molecule has 296 valence electrons. The lowest BCUT2D eigenvalue weighted by molar-refractivity contribution is 0.220. The van der Waals surface area contributed by atoms with Gasteiger partial charge in [-0.1, -0.05) is 148 Å². The van der Waals surface area contributed by atoms with Crippen molar-refractivity contribution in [1.29, 1.82) is 0 Å². The van der Waals surface area contributed by atoms with E-state index in [4.69, 9.17) is 16.5 Å².